The van der Waals surface area contributed by atoms with Crippen LogP contribution in [0.2, 0.25) is 0 Å². The average Bonchev–Trinajstić information content (AvgIpc) is 3.53. The van der Waals surface area contributed by atoms with E-state index in [-0.39, 0.29) is 18.4 Å². The van der Waals surface area contributed by atoms with Crippen LogP contribution in [0, 0.1) is 5.92 Å². The van der Waals surface area contributed by atoms with Crippen molar-refractivity contribution >= 4 is 34.7 Å². The predicted octanol–water partition coefficient (Wildman–Crippen LogP) is 2.69. The molecule has 1 amide bonds. The summed E-state index contributed by atoms with van der Waals surface area (Å²) in [6.07, 6.45) is 3.03. The van der Waals surface area contributed by atoms with Gasteiger partial charge in [0.1, 0.15) is 6.10 Å². The molecule has 6 atom stereocenters. The third kappa shape index (κ3) is 5.38. The maximum absolute atomic E-state index is 13.0. The van der Waals surface area contributed by atoms with Crippen LogP contribution in [0.4, 0.5) is 5.82 Å². The fourth-order valence-corrected chi connectivity index (χ4v) is 6.02. The number of benzene rings is 1. The van der Waals surface area contributed by atoms with E-state index in [1.54, 1.807) is 28.8 Å². The van der Waals surface area contributed by atoms with Crippen molar-refractivity contribution in [2.75, 3.05) is 11.1 Å². The average molecular weight is 561 g/mol. The summed E-state index contributed by atoms with van der Waals surface area (Å²) in [6, 6.07) is 13.6. The highest BCUT2D eigenvalue weighted by atomic mass is 32.2. The molecule has 40 heavy (non-hydrogen) atoms. The van der Waals surface area contributed by atoms with Crippen LogP contribution in [0.25, 0.3) is 11.2 Å². The number of thioether (sulfide) groups is 1. The standard InChI is InChI=1S/C28H32N8O3S/c1-2-12-40-28-32-25(31-20-13-18(20)17-6-4-3-5-7-17)22-26(33-28)36(35-34-22)21-14-19(23(37)24(21)38)27(39)30-15-16-8-10-29-11-9-16/h3-11,18-21,23-24,37-38H,2,12-15H2,1H3,(H,30,39)(H,31,32,33). The molecule has 0 aliphatic heterocycles. The minimum absolute atomic E-state index is 0.200. The quantitative estimate of drug-likeness (QED) is 0.168. The van der Waals surface area contributed by atoms with Gasteiger partial charge in [0.2, 0.25) is 5.91 Å². The van der Waals surface area contributed by atoms with E-state index in [4.69, 9.17) is 9.97 Å². The Labute approximate surface area is 235 Å². The molecule has 12 heteroatoms. The Kier molecular flexibility index (Phi) is 7.63. The first-order valence-corrected chi connectivity index (χ1v) is 14.6. The van der Waals surface area contributed by atoms with Crippen molar-refractivity contribution in [3.8, 4) is 0 Å². The number of fused-ring (bicyclic) bond motifs is 1. The van der Waals surface area contributed by atoms with E-state index in [0.717, 1.165) is 24.2 Å². The lowest BCUT2D eigenvalue weighted by Crippen LogP contribution is -2.38. The second-order valence-corrected chi connectivity index (χ2v) is 11.4. The molecule has 4 aromatic rings. The van der Waals surface area contributed by atoms with Crippen LogP contribution in [-0.4, -0.2) is 70.1 Å². The van der Waals surface area contributed by atoms with E-state index >= 15 is 0 Å². The van der Waals surface area contributed by atoms with Gasteiger partial charge in [-0.25, -0.2) is 14.6 Å². The van der Waals surface area contributed by atoms with E-state index in [1.165, 1.54) is 5.56 Å². The smallest absolute Gasteiger partial charge is 0.226 e. The summed E-state index contributed by atoms with van der Waals surface area (Å²) in [5, 5.41) is 37.6. The highest BCUT2D eigenvalue weighted by Crippen LogP contribution is 2.43. The molecule has 3 aromatic heterocycles. The van der Waals surface area contributed by atoms with Crippen molar-refractivity contribution in [3.05, 3.63) is 66.0 Å². The molecule has 1 aromatic carbocycles. The SMILES string of the molecule is CCCSc1nc(NC2CC2c2ccccc2)c2nnn(C3CC(C(=O)NCc4ccncc4)C(O)C3O)c2n1. The molecule has 2 aliphatic carbocycles. The number of carbonyl (C=O) groups is 1. The Hall–Kier alpha value is -3.61. The van der Waals surface area contributed by atoms with Gasteiger partial charge in [-0.3, -0.25) is 9.78 Å². The monoisotopic (exact) mass is 560 g/mol. The second kappa shape index (κ2) is 11.5. The summed E-state index contributed by atoms with van der Waals surface area (Å²) in [5.74, 6) is 0.733. The van der Waals surface area contributed by atoms with Crippen LogP contribution < -0.4 is 10.6 Å². The molecule has 0 bridgehead atoms. The number of aliphatic hydroxyl groups is 2. The first kappa shape index (κ1) is 26.6. The number of nitrogens with zero attached hydrogens (tertiary/aromatic N) is 6. The summed E-state index contributed by atoms with van der Waals surface area (Å²) in [7, 11) is 0. The minimum Gasteiger partial charge on any atom is -0.390 e. The van der Waals surface area contributed by atoms with Crippen LogP contribution in [0.3, 0.4) is 0 Å². The van der Waals surface area contributed by atoms with Gasteiger partial charge < -0.3 is 20.8 Å². The molecule has 0 saturated heterocycles. The van der Waals surface area contributed by atoms with Gasteiger partial charge in [-0.05, 0) is 42.5 Å². The summed E-state index contributed by atoms with van der Waals surface area (Å²) < 4.78 is 1.55. The van der Waals surface area contributed by atoms with Gasteiger partial charge in [-0.15, -0.1) is 5.10 Å². The van der Waals surface area contributed by atoms with E-state index in [9.17, 15) is 15.0 Å². The number of anilines is 1. The number of nitrogens with one attached hydrogen (secondary N) is 2. The maximum atomic E-state index is 13.0. The molecule has 6 unspecified atom stereocenters. The summed E-state index contributed by atoms with van der Waals surface area (Å²) >= 11 is 1.55. The Balaban J connectivity index is 1.23. The van der Waals surface area contributed by atoms with Crippen LogP contribution in [0.5, 0.6) is 0 Å². The first-order valence-electron chi connectivity index (χ1n) is 13.6. The number of amides is 1. The van der Waals surface area contributed by atoms with Gasteiger partial charge in [-0.2, -0.15) is 0 Å². The topological polar surface area (TPSA) is 151 Å². The van der Waals surface area contributed by atoms with E-state index in [2.05, 4.69) is 45.0 Å². The molecule has 0 radical (unpaired) electrons. The Morgan fingerprint density at radius 3 is 2.65 bits per heavy atom. The Morgan fingerprint density at radius 1 is 1.07 bits per heavy atom. The normalized spacial score (nSPS) is 25.7. The lowest BCUT2D eigenvalue weighted by molar-refractivity contribution is -0.129. The fourth-order valence-electron chi connectivity index (χ4n) is 5.32. The van der Waals surface area contributed by atoms with Crippen LogP contribution in [0.15, 0.2) is 60.0 Å². The van der Waals surface area contributed by atoms with Gasteiger partial charge in [0.25, 0.3) is 0 Å². The van der Waals surface area contributed by atoms with Gasteiger partial charge >= 0.3 is 0 Å². The van der Waals surface area contributed by atoms with Crippen LogP contribution in [0.1, 0.15) is 49.3 Å². The maximum Gasteiger partial charge on any atom is 0.226 e. The lowest BCUT2D eigenvalue weighted by atomic mass is 10.0. The number of pyridine rings is 1. The number of aromatic nitrogens is 6. The third-order valence-electron chi connectivity index (χ3n) is 7.60. The van der Waals surface area contributed by atoms with Gasteiger partial charge in [0.15, 0.2) is 22.1 Å². The minimum atomic E-state index is -1.24. The zero-order valence-corrected chi connectivity index (χ0v) is 22.9. The van der Waals surface area contributed by atoms with Gasteiger partial charge in [0.05, 0.1) is 18.1 Å². The Bertz CT molecular complexity index is 1470. The molecule has 2 fully saturated rings. The van der Waals surface area contributed by atoms with Crippen molar-refractivity contribution in [3.63, 3.8) is 0 Å². The Morgan fingerprint density at radius 2 is 1.88 bits per heavy atom. The highest BCUT2D eigenvalue weighted by molar-refractivity contribution is 7.99. The molecule has 2 aliphatic rings. The summed E-state index contributed by atoms with van der Waals surface area (Å²) in [6.45, 7) is 2.41. The van der Waals surface area contributed by atoms with Crippen molar-refractivity contribution in [1.29, 1.82) is 0 Å². The number of aliphatic hydroxyl groups excluding tert-OH is 2. The largest absolute Gasteiger partial charge is 0.390 e. The zero-order chi connectivity index (χ0) is 27.6. The summed E-state index contributed by atoms with van der Waals surface area (Å²) in [5.41, 5.74) is 3.16. The molecule has 6 rings (SSSR count). The van der Waals surface area contributed by atoms with E-state index in [0.29, 0.717) is 34.6 Å². The molecular weight excluding hydrogens is 528 g/mol. The highest BCUT2D eigenvalue weighted by Gasteiger charge is 2.47. The lowest BCUT2D eigenvalue weighted by Gasteiger charge is -2.17. The zero-order valence-electron chi connectivity index (χ0n) is 22.1. The second-order valence-electron chi connectivity index (χ2n) is 10.4. The number of hydrogen-bond acceptors (Lipinski definition) is 10. The number of rotatable bonds is 10. The van der Waals surface area contributed by atoms with Crippen molar-refractivity contribution < 1.29 is 15.0 Å². The predicted molar refractivity (Wildman–Crippen MR) is 151 cm³/mol. The molecule has 0 spiro atoms. The van der Waals surface area contributed by atoms with Crippen molar-refractivity contribution in [2.45, 2.75) is 68.1 Å². The molecule has 3 heterocycles. The van der Waals surface area contributed by atoms with Crippen molar-refractivity contribution in [1.82, 2.24) is 35.3 Å². The van der Waals surface area contributed by atoms with E-state index in [1.807, 2.05) is 30.3 Å². The number of carbonyl (C=O) groups excluding carboxylic acids is 1. The van der Waals surface area contributed by atoms with Crippen LogP contribution in [-0.2, 0) is 11.3 Å². The summed E-state index contributed by atoms with van der Waals surface area (Å²) in [4.78, 5) is 26.5. The third-order valence-corrected chi connectivity index (χ3v) is 8.65. The van der Waals surface area contributed by atoms with Crippen LogP contribution >= 0.6 is 11.8 Å². The van der Waals surface area contributed by atoms with Crippen molar-refractivity contribution in [2.24, 2.45) is 5.92 Å². The molecular formula is C28H32N8O3S. The molecule has 4 N–H and O–H groups in total. The van der Waals surface area contributed by atoms with E-state index < -0.39 is 24.2 Å². The molecule has 11 nitrogen and oxygen atoms in total. The first-order chi connectivity index (χ1) is 19.5. The number of hydrogen-bond donors (Lipinski definition) is 4. The molecule has 208 valence electrons. The molecule has 2 saturated carbocycles. The fraction of sp³-hybridized carbons (Fsp3) is 0.429. The van der Waals surface area contributed by atoms with Gasteiger partial charge in [0, 0.05) is 36.7 Å². The van der Waals surface area contributed by atoms with Gasteiger partial charge in [-0.1, -0.05) is 54.2 Å².